The number of carbonyl (C=O) groups excluding carboxylic acids is 1. The number of carbonyl (C=O) groups is 1. The van der Waals surface area contributed by atoms with Crippen molar-refractivity contribution in [1.29, 1.82) is 0 Å². The van der Waals surface area contributed by atoms with E-state index in [1.165, 1.54) is 23.8 Å². The molecule has 4 unspecified atom stereocenters. The Morgan fingerprint density at radius 2 is 2.03 bits per heavy atom. The Labute approximate surface area is 205 Å². The van der Waals surface area contributed by atoms with E-state index in [0.717, 1.165) is 6.42 Å². The average Bonchev–Trinajstić information content (AvgIpc) is 2.90. The molecule has 10 nitrogen and oxygen atoms in total. The number of hydrogen-bond donors (Lipinski definition) is 2. The summed E-state index contributed by atoms with van der Waals surface area (Å²) in [5, 5.41) is 14.6. The van der Waals surface area contributed by atoms with Gasteiger partial charge in [-0.2, -0.15) is 16.7 Å². The van der Waals surface area contributed by atoms with Gasteiger partial charge in [0.25, 0.3) is 0 Å². The van der Waals surface area contributed by atoms with Crippen molar-refractivity contribution in [1.82, 2.24) is 9.55 Å². The molecular weight excluding hydrogens is 478 g/mol. The second-order valence-electron chi connectivity index (χ2n) is 9.70. The number of hydrogen-bond acceptors (Lipinski definition) is 9. The van der Waals surface area contributed by atoms with E-state index in [0.29, 0.717) is 10.5 Å². The number of amides is 1. The Morgan fingerprint density at radius 1 is 1.32 bits per heavy atom. The molecule has 7 atom stereocenters. The quantitative estimate of drug-likeness (QED) is 0.397. The van der Waals surface area contributed by atoms with Crippen molar-refractivity contribution in [3.05, 3.63) is 22.7 Å². The van der Waals surface area contributed by atoms with Gasteiger partial charge in [-0.05, 0) is 23.3 Å². The Balaban J connectivity index is 1.83. The third kappa shape index (κ3) is 5.92. The summed E-state index contributed by atoms with van der Waals surface area (Å²) in [7, 11) is -2.95. The summed E-state index contributed by atoms with van der Waals surface area (Å²) in [5.74, 6) is -0.197. The number of aliphatic hydroxyl groups excluding tert-OH is 1. The largest absolute Gasteiger partial charge is 0.386 e. The molecule has 1 aromatic rings. The second kappa shape index (κ2) is 11.2. The first-order valence-electron chi connectivity index (χ1n) is 11.8. The van der Waals surface area contributed by atoms with Crippen molar-refractivity contribution in [3.8, 4) is 0 Å². The van der Waals surface area contributed by atoms with E-state index in [1.807, 2.05) is 11.8 Å². The van der Waals surface area contributed by atoms with E-state index in [1.54, 1.807) is 0 Å². The molecule has 1 aromatic heterocycles. The highest BCUT2D eigenvalue weighted by atomic mass is 32.2. The molecule has 34 heavy (non-hydrogen) atoms. The van der Waals surface area contributed by atoms with Crippen molar-refractivity contribution >= 4 is 32.0 Å². The van der Waals surface area contributed by atoms with Gasteiger partial charge in [0, 0.05) is 23.9 Å². The predicted octanol–water partition coefficient (Wildman–Crippen LogP) is 2.97. The van der Waals surface area contributed by atoms with Gasteiger partial charge in [-0.25, -0.2) is 9.68 Å². The number of aliphatic hydroxyl groups is 1. The molecule has 2 N–H and O–H groups in total. The topological polar surface area (TPSA) is 121 Å². The van der Waals surface area contributed by atoms with Crippen molar-refractivity contribution in [2.24, 2.45) is 0 Å². The SMILES string of the molecule is CC(=O)Nc1ccn([C@@H]2OC3COO[Si](C(C)C)(C(C)CC(C)SC(C)C)O[C@H]3[C@H]2O)c(=O)n1. The van der Waals surface area contributed by atoms with Gasteiger partial charge in [0.15, 0.2) is 6.23 Å². The van der Waals surface area contributed by atoms with Crippen LogP contribution in [0, 0.1) is 0 Å². The minimum Gasteiger partial charge on any atom is -0.386 e. The zero-order valence-corrected chi connectivity index (χ0v) is 22.7. The van der Waals surface area contributed by atoms with Gasteiger partial charge < -0.3 is 19.6 Å². The minimum absolute atomic E-state index is 0.0603. The number of nitrogens with zero attached hydrogens (tertiary/aromatic N) is 2. The normalized spacial score (nSPS) is 31.2. The first-order chi connectivity index (χ1) is 15.9. The van der Waals surface area contributed by atoms with Gasteiger partial charge in [-0.1, -0.05) is 41.5 Å². The highest BCUT2D eigenvalue weighted by molar-refractivity contribution is 8.00. The summed E-state index contributed by atoms with van der Waals surface area (Å²) < 4.78 is 19.9. The number of fused-ring (bicyclic) bond motifs is 1. The molecule has 2 aliphatic rings. The molecule has 3 rings (SSSR count). The third-order valence-electron chi connectivity index (χ3n) is 6.14. The molecule has 0 aliphatic carbocycles. The number of nitrogens with one attached hydrogen (secondary N) is 1. The third-order valence-corrected chi connectivity index (χ3v) is 11.6. The number of anilines is 1. The molecule has 2 aliphatic heterocycles. The fourth-order valence-electron chi connectivity index (χ4n) is 4.69. The van der Waals surface area contributed by atoms with Crippen LogP contribution in [0.2, 0.25) is 11.1 Å². The predicted molar refractivity (Wildman–Crippen MR) is 132 cm³/mol. The van der Waals surface area contributed by atoms with Crippen LogP contribution in [0.4, 0.5) is 5.82 Å². The van der Waals surface area contributed by atoms with Crippen LogP contribution in [0.25, 0.3) is 0 Å². The Bertz CT molecular complexity index is 917. The fourth-order valence-corrected chi connectivity index (χ4v) is 9.88. The molecule has 0 saturated carbocycles. The van der Waals surface area contributed by atoms with Gasteiger partial charge in [-0.15, -0.1) is 0 Å². The monoisotopic (exact) mass is 515 g/mol. The maximum atomic E-state index is 12.6. The molecule has 0 spiro atoms. The standard InChI is InChI=1S/C22H37N3O7SSi/c1-12(2)33-14(5)10-15(6)34(13(3)4)31-20-17(11-29-32-34)30-21(19(20)27)25-9-8-18(23-16(7)26)24-22(25)28/h8-9,12-15,17,19-21,27H,10-11H2,1-7H3,(H,23,24,26,28)/t14?,15?,17?,19-,20-,21-,34?/m1/s1. The van der Waals surface area contributed by atoms with E-state index < -0.39 is 38.8 Å². The first-order valence-corrected chi connectivity index (χ1v) is 14.7. The highest BCUT2D eigenvalue weighted by Gasteiger charge is 2.58. The molecule has 0 radical (unpaired) electrons. The Hall–Kier alpha value is -1.28. The van der Waals surface area contributed by atoms with Gasteiger partial charge >= 0.3 is 14.3 Å². The van der Waals surface area contributed by atoms with Crippen LogP contribution in [0.15, 0.2) is 17.1 Å². The van der Waals surface area contributed by atoms with E-state index in [9.17, 15) is 14.7 Å². The second-order valence-corrected chi connectivity index (χ2v) is 15.7. The van der Waals surface area contributed by atoms with Gasteiger partial charge in [0.05, 0.1) is 0 Å². The van der Waals surface area contributed by atoms with E-state index >= 15 is 0 Å². The van der Waals surface area contributed by atoms with Gasteiger partial charge in [0.1, 0.15) is 30.7 Å². The molecular formula is C22H37N3O7SSi. The lowest BCUT2D eigenvalue weighted by atomic mass is 10.1. The lowest BCUT2D eigenvalue weighted by Crippen LogP contribution is -2.53. The zero-order valence-electron chi connectivity index (χ0n) is 20.9. The average molecular weight is 516 g/mol. The summed E-state index contributed by atoms with van der Waals surface area (Å²) in [4.78, 5) is 33.3. The molecule has 0 bridgehead atoms. The first kappa shape index (κ1) is 27.3. The minimum atomic E-state index is -2.95. The number of ether oxygens (including phenoxy) is 1. The molecule has 192 valence electrons. The van der Waals surface area contributed by atoms with Crippen LogP contribution in [0.3, 0.4) is 0 Å². The zero-order chi connectivity index (χ0) is 25.2. The van der Waals surface area contributed by atoms with Crippen molar-refractivity contribution in [2.75, 3.05) is 11.9 Å². The summed E-state index contributed by atoms with van der Waals surface area (Å²) >= 11 is 1.91. The van der Waals surface area contributed by atoms with Crippen LogP contribution in [-0.4, -0.2) is 64.5 Å². The van der Waals surface area contributed by atoms with Crippen molar-refractivity contribution < 1.29 is 28.5 Å². The lowest BCUT2D eigenvalue weighted by molar-refractivity contribution is -0.242. The maximum absolute atomic E-state index is 12.6. The summed E-state index contributed by atoms with van der Waals surface area (Å²) in [5.41, 5.74) is -0.491. The number of aromatic nitrogens is 2. The molecule has 1 amide bonds. The number of thioether (sulfide) groups is 1. The fraction of sp³-hybridized carbons (Fsp3) is 0.773. The van der Waals surface area contributed by atoms with Crippen LogP contribution in [0.1, 0.15) is 61.1 Å². The highest BCUT2D eigenvalue weighted by Crippen LogP contribution is 2.45. The Morgan fingerprint density at radius 3 is 2.62 bits per heavy atom. The van der Waals surface area contributed by atoms with Crippen molar-refractivity contribution in [3.63, 3.8) is 0 Å². The molecule has 2 fully saturated rings. The van der Waals surface area contributed by atoms with E-state index in [-0.39, 0.29) is 29.4 Å². The van der Waals surface area contributed by atoms with E-state index in [2.05, 4.69) is 51.8 Å². The summed E-state index contributed by atoms with van der Waals surface area (Å²) in [6, 6.07) is 1.48. The van der Waals surface area contributed by atoms with Crippen LogP contribution in [-0.2, 0) is 23.4 Å². The van der Waals surface area contributed by atoms with Crippen LogP contribution in [0.5, 0.6) is 0 Å². The number of rotatable bonds is 8. The smallest absolute Gasteiger partial charge is 0.381 e. The summed E-state index contributed by atoms with van der Waals surface area (Å²) in [6.07, 6.45) is -1.10. The molecule has 3 heterocycles. The van der Waals surface area contributed by atoms with Crippen molar-refractivity contribution in [2.45, 2.75) is 101 Å². The maximum Gasteiger partial charge on any atom is 0.381 e. The van der Waals surface area contributed by atoms with Gasteiger partial charge in [0.2, 0.25) is 5.91 Å². The molecule has 12 heteroatoms. The Kier molecular flexibility index (Phi) is 8.99. The van der Waals surface area contributed by atoms with Gasteiger partial charge in [-0.3, -0.25) is 13.9 Å². The van der Waals surface area contributed by atoms with E-state index in [4.69, 9.17) is 18.6 Å². The molecule has 2 saturated heterocycles. The van der Waals surface area contributed by atoms with Crippen LogP contribution < -0.4 is 11.0 Å². The summed E-state index contributed by atoms with van der Waals surface area (Å²) in [6.45, 7) is 14.2. The lowest BCUT2D eigenvalue weighted by Gasteiger charge is -2.39. The molecule has 0 aromatic carbocycles. The van der Waals surface area contributed by atoms with Crippen LogP contribution >= 0.6 is 11.8 Å².